The van der Waals surface area contributed by atoms with Crippen molar-refractivity contribution in [3.05, 3.63) is 59.2 Å². The van der Waals surface area contributed by atoms with E-state index in [1.54, 1.807) is 0 Å². The molecular weight excluding hydrogens is 376 g/mol. The van der Waals surface area contributed by atoms with Gasteiger partial charge in [0.25, 0.3) is 0 Å². The molecule has 1 aromatic heterocycles. The number of allylic oxidation sites excluding steroid dienone is 1. The highest BCUT2D eigenvalue weighted by Crippen LogP contribution is 2.31. The first-order valence-corrected chi connectivity index (χ1v) is 7.79. The van der Waals surface area contributed by atoms with Crippen molar-refractivity contribution in [2.45, 2.75) is 13.2 Å². The first kappa shape index (κ1) is 20.5. The molecule has 3 N–H and O–H groups in total. The summed E-state index contributed by atoms with van der Waals surface area (Å²) in [7, 11) is 0. The fourth-order valence-corrected chi connectivity index (χ4v) is 2.67. The Morgan fingerprint density at radius 1 is 1.30 bits per heavy atom. The van der Waals surface area contributed by atoms with Crippen LogP contribution < -0.4 is 5.73 Å². The predicted molar refractivity (Wildman–Crippen MR) is 99.1 cm³/mol. The molecule has 0 spiro atoms. The van der Waals surface area contributed by atoms with Crippen LogP contribution in [0.3, 0.4) is 0 Å². The van der Waals surface area contributed by atoms with Crippen LogP contribution in [-0.2, 0) is 13.2 Å². The molecule has 6 nitrogen and oxygen atoms in total. The van der Waals surface area contributed by atoms with Crippen LogP contribution in [0.2, 0.25) is 0 Å². The Balaban J connectivity index is 0.00000261. The smallest absolute Gasteiger partial charge is 0.131 e. The molecule has 0 radical (unpaired) electrons. The van der Waals surface area contributed by atoms with Crippen molar-refractivity contribution >= 4 is 23.4 Å². The van der Waals surface area contributed by atoms with E-state index in [4.69, 9.17) is 5.73 Å². The van der Waals surface area contributed by atoms with E-state index in [1.165, 1.54) is 41.1 Å². The number of halogens is 3. The second-order valence-electron chi connectivity index (χ2n) is 5.61. The third-order valence-corrected chi connectivity index (χ3v) is 3.89. The summed E-state index contributed by atoms with van der Waals surface area (Å²) >= 11 is 0. The third kappa shape index (κ3) is 4.11. The monoisotopic (exact) mass is 391 g/mol. The van der Waals surface area contributed by atoms with Gasteiger partial charge >= 0.3 is 0 Å². The van der Waals surface area contributed by atoms with Crippen molar-refractivity contribution in [3.63, 3.8) is 0 Å². The zero-order chi connectivity index (χ0) is 18.7. The SMILES string of the molecule is Cl.N#Cc1cc(-c2cc(CO)ccc2F)c2nnn(C/C(F)=C/CN)c2c1. The van der Waals surface area contributed by atoms with Crippen LogP contribution in [0.5, 0.6) is 0 Å². The molecule has 140 valence electrons. The molecule has 3 rings (SSSR count). The molecule has 0 saturated heterocycles. The second-order valence-corrected chi connectivity index (χ2v) is 5.61. The number of aliphatic hydroxyl groups excluding tert-OH is 1. The maximum Gasteiger partial charge on any atom is 0.131 e. The van der Waals surface area contributed by atoms with Gasteiger partial charge in [0, 0.05) is 17.7 Å². The standard InChI is InChI=1S/C18H15F2N5O.ClH/c19-13(3-4-21)9-25-17-7-12(8-22)6-15(18(17)23-24-25)14-5-11(10-26)1-2-16(14)20;/h1-3,5-7,26H,4,9-10,21H2;1H/b13-3-;. The van der Waals surface area contributed by atoms with Gasteiger partial charge in [-0.1, -0.05) is 11.3 Å². The van der Waals surface area contributed by atoms with E-state index >= 15 is 0 Å². The molecule has 0 atom stereocenters. The maximum absolute atomic E-state index is 14.4. The molecule has 0 bridgehead atoms. The summed E-state index contributed by atoms with van der Waals surface area (Å²) in [5.74, 6) is -1.01. The number of aliphatic hydroxyl groups is 1. The van der Waals surface area contributed by atoms with Gasteiger partial charge in [0.15, 0.2) is 0 Å². The number of nitrogens with zero attached hydrogens (tertiary/aromatic N) is 4. The molecule has 0 unspecified atom stereocenters. The Bertz CT molecular complexity index is 1040. The number of hydrogen-bond donors (Lipinski definition) is 2. The molecule has 0 saturated carbocycles. The van der Waals surface area contributed by atoms with Crippen LogP contribution >= 0.6 is 12.4 Å². The summed E-state index contributed by atoms with van der Waals surface area (Å²) in [6.45, 7) is -0.399. The second kappa shape index (κ2) is 8.68. The average Bonchev–Trinajstić information content (AvgIpc) is 3.04. The molecule has 0 aliphatic heterocycles. The Hall–Kier alpha value is -2.86. The summed E-state index contributed by atoms with van der Waals surface area (Å²) in [5.41, 5.74) is 7.33. The lowest BCUT2D eigenvalue weighted by molar-refractivity contribution is 0.282. The first-order chi connectivity index (χ1) is 12.6. The largest absolute Gasteiger partial charge is 0.392 e. The van der Waals surface area contributed by atoms with E-state index in [-0.39, 0.29) is 43.2 Å². The van der Waals surface area contributed by atoms with Crippen molar-refractivity contribution in [2.24, 2.45) is 5.73 Å². The van der Waals surface area contributed by atoms with Gasteiger partial charge < -0.3 is 10.8 Å². The van der Waals surface area contributed by atoms with Crippen LogP contribution in [-0.4, -0.2) is 26.6 Å². The van der Waals surface area contributed by atoms with Crippen molar-refractivity contribution in [1.82, 2.24) is 15.0 Å². The molecule has 1 heterocycles. The van der Waals surface area contributed by atoms with E-state index in [2.05, 4.69) is 10.3 Å². The lowest BCUT2D eigenvalue weighted by atomic mass is 9.99. The van der Waals surface area contributed by atoms with Gasteiger partial charge in [0.1, 0.15) is 17.2 Å². The van der Waals surface area contributed by atoms with E-state index in [0.29, 0.717) is 22.2 Å². The number of rotatable bonds is 5. The summed E-state index contributed by atoms with van der Waals surface area (Å²) < 4.78 is 29.5. The van der Waals surface area contributed by atoms with Gasteiger partial charge in [0.05, 0.1) is 30.3 Å². The summed E-state index contributed by atoms with van der Waals surface area (Å²) in [6, 6.07) is 9.20. The zero-order valence-electron chi connectivity index (χ0n) is 14.1. The topological polar surface area (TPSA) is 101 Å². The van der Waals surface area contributed by atoms with Crippen LogP contribution in [0.1, 0.15) is 11.1 Å². The quantitative estimate of drug-likeness (QED) is 0.696. The maximum atomic E-state index is 14.4. The molecule has 0 aliphatic rings. The first-order valence-electron chi connectivity index (χ1n) is 7.79. The summed E-state index contributed by atoms with van der Waals surface area (Å²) in [6.07, 6.45) is 1.22. The van der Waals surface area contributed by atoms with Gasteiger partial charge in [0.2, 0.25) is 0 Å². The van der Waals surface area contributed by atoms with Gasteiger partial charge in [-0.3, -0.25) is 0 Å². The van der Waals surface area contributed by atoms with Gasteiger partial charge in [-0.15, -0.1) is 17.5 Å². The highest BCUT2D eigenvalue weighted by Gasteiger charge is 2.17. The van der Waals surface area contributed by atoms with Crippen LogP contribution in [0, 0.1) is 17.1 Å². The van der Waals surface area contributed by atoms with Crippen LogP contribution in [0.25, 0.3) is 22.2 Å². The number of nitrogens with two attached hydrogens (primary N) is 1. The molecular formula is C18H16ClF2N5O. The average molecular weight is 392 g/mol. The van der Waals surface area contributed by atoms with Crippen molar-refractivity contribution in [2.75, 3.05) is 6.54 Å². The number of aromatic nitrogens is 3. The number of hydrogen-bond acceptors (Lipinski definition) is 5. The minimum atomic E-state index is -0.526. The lowest BCUT2D eigenvalue weighted by Crippen LogP contribution is -2.03. The number of fused-ring (bicyclic) bond motifs is 1. The minimum Gasteiger partial charge on any atom is -0.392 e. The zero-order valence-corrected chi connectivity index (χ0v) is 14.9. The Morgan fingerprint density at radius 2 is 2.07 bits per heavy atom. The molecule has 2 aromatic carbocycles. The van der Waals surface area contributed by atoms with E-state index < -0.39 is 11.6 Å². The van der Waals surface area contributed by atoms with E-state index in [9.17, 15) is 19.1 Å². The number of benzene rings is 2. The van der Waals surface area contributed by atoms with Crippen molar-refractivity contribution < 1.29 is 13.9 Å². The number of nitriles is 1. The van der Waals surface area contributed by atoms with Gasteiger partial charge in [-0.25, -0.2) is 13.5 Å². The Morgan fingerprint density at radius 3 is 2.74 bits per heavy atom. The highest BCUT2D eigenvalue weighted by atomic mass is 35.5. The molecule has 0 fully saturated rings. The molecule has 27 heavy (non-hydrogen) atoms. The summed E-state index contributed by atoms with van der Waals surface area (Å²) in [4.78, 5) is 0. The highest BCUT2D eigenvalue weighted by molar-refractivity contribution is 5.93. The predicted octanol–water partition coefficient (Wildman–Crippen LogP) is 2.84. The fourth-order valence-electron chi connectivity index (χ4n) is 2.67. The van der Waals surface area contributed by atoms with Gasteiger partial charge in [-0.2, -0.15) is 5.26 Å². The van der Waals surface area contributed by atoms with Crippen molar-refractivity contribution in [3.8, 4) is 17.2 Å². The molecule has 0 amide bonds. The van der Waals surface area contributed by atoms with Crippen molar-refractivity contribution in [1.29, 1.82) is 5.26 Å². The third-order valence-electron chi connectivity index (χ3n) is 3.89. The molecule has 0 aliphatic carbocycles. The fraction of sp³-hybridized carbons (Fsp3) is 0.167. The minimum absolute atomic E-state index is 0. The van der Waals surface area contributed by atoms with E-state index in [1.807, 2.05) is 6.07 Å². The van der Waals surface area contributed by atoms with E-state index in [0.717, 1.165) is 0 Å². The normalized spacial score (nSPS) is 11.3. The van der Waals surface area contributed by atoms with Crippen LogP contribution in [0.15, 0.2) is 42.2 Å². The Kier molecular flexibility index (Phi) is 6.58. The van der Waals surface area contributed by atoms with Gasteiger partial charge in [-0.05, 0) is 35.9 Å². The van der Waals surface area contributed by atoms with Crippen LogP contribution in [0.4, 0.5) is 8.78 Å². The Labute approximate surface area is 159 Å². The summed E-state index contributed by atoms with van der Waals surface area (Å²) in [5, 5.41) is 26.5. The molecule has 3 aromatic rings. The lowest BCUT2D eigenvalue weighted by Gasteiger charge is -2.08. The molecule has 9 heteroatoms.